The van der Waals surface area contributed by atoms with Gasteiger partial charge in [-0.2, -0.15) is 0 Å². The molecule has 0 saturated carbocycles. The smallest absolute Gasteiger partial charge is 0.119 e. The van der Waals surface area contributed by atoms with E-state index in [1.807, 2.05) is 12.1 Å². The average Bonchev–Trinajstić information content (AvgIpc) is 2.43. The minimum absolute atomic E-state index is 0.307. The van der Waals surface area contributed by atoms with E-state index in [1.54, 1.807) is 7.11 Å². The van der Waals surface area contributed by atoms with Crippen LogP contribution >= 0.6 is 31.9 Å². The summed E-state index contributed by atoms with van der Waals surface area (Å²) in [6.07, 6.45) is 0.944. The minimum atomic E-state index is 0.307. The summed E-state index contributed by atoms with van der Waals surface area (Å²) in [5, 5.41) is 0. The van der Waals surface area contributed by atoms with E-state index in [-0.39, 0.29) is 0 Å². The molecule has 0 aromatic heterocycles. The fraction of sp³-hybridized carbons (Fsp3) is 0.294. The Labute approximate surface area is 137 Å². The quantitative estimate of drug-likeness (QED) is 0.596. The second-order valence-electron chi connectivity index (χ2n) is 4.98. The van der Waals surface area contributed by atoms with Gasteiger partial charge < -0.3 is 4.74 Å². The maximum Gasteiger partial charge on any atom is 0.119 e. The van der Waals surface area contributed by atoms with Crippen molar-refractivity contribution in [1.82, 2.24) is 0 Å². The van der Waals surface area contributed by atoms with Gasteiger partial charge in [0.1, 0.15) is 5.75 Å². The van der Waals surface area contributed by atoms with E-state index in [0.29, 0.717) is 4.83 Å². The van der Waals surface area contributed by atoms with Gasteiger partial charge in [-0.3, -0.25) is 0 Å². The SMILES string of the molecule is COc1cccc(CC(Br)c2cc(C)c(Br)cc2C)c1. The molecule has 0 saturated heterocycles. The molecule has 2 rings (SSSR count). The van der Waals surface area contributed by atoms with Gasteiger partial charge in [-0.25, -0.2) is 0 Å². The van der Waals surface area contributed by atoms with Crippen molar-refractivity contribution in [1.29, 1.82) is 0 Å². The van der Waals surface area contributed by atoms with Gasteiger partial charge in [0.25, 0.3) is 0 Å². The van der Waals surface area contributed by atoms with Crippen molar-refractivity contribution in [3.8, 4) is 5.75 Å². The number of aryl methyl sites for hydroxylation is 2. The number of rotatable bonds is 4. The van der Waals surface area contributed by atoms with E-state index < -0.39 is 0 Å². The largest absolute Gasteiger partial charge is 0.497 e. The molecule has 0 radical (unpaired) electrons. The van der Waals surface area contributed by atoms with Crippen LogP contribution in [-0.4, -0.2) is 7.11 Å². The molecular formula is C17H18Br2O. The van der Waals surface area contributed by atoms with Crippen LogP contribution in [0.3, 0.4) is 0 Å². The lowest BCUT2D eigenvalue weighted by Crippen LogP contribution is -1.99. The molecule has 1 unspecified atom stereocenters. The Bertz CT molecular complexity index is 608. The lowest BCUT2D eigenvalue weighted by Gasteiger charge is -2.15. The van der Waals surface area contributed by atoms with Gasteiger partial charge >= 0.3 is 0 Å². The Morgan fingerprint density at radius 1 is 1.10 bits per heavy atom. The highest BCUT2D eigenvalue weighted by molar-refractivity contribution is 9.10. The Morgan fingerprint density at radius 3 is 2.55 bits per heavy atom. The topological polar surface area (TPSA) is 9.23 Å². The van der Waals surface area contributed by atoms with Crippen molar-refractivity contribution in [2.75, 3.05) is 7.11 Å². The van der Waals surface area contributed by atoms with Crippen LogP contribution in [0.5, 0.6) is 5.75 Å². The average molecular weight is 398 g/mol. The first-order valence-corrected chi connectivity index (χ1v) is 8.25. The summed E-state index contributed by atoms with van der Waals surface area (Å²) < 4.78 is 6.45. The Hall–Kier alpha value is -0.800. The summed E-state index contributed by atoms with van der Waals surface area (Å²) in [5.74, 6) is 0.908. The van der Waals surface area contributed by atoms with Crippen LogP contribution < -0.4 is 4.74 Å². The van der Waals surface area contributed by atoms with Crippen LogP contribution in [0, 0.1) is 13.8 Å². The van der Waals surface area contributed by atoms with Crippen LogP contribution in [0.2, 0.25) is 0 Å². The molecule has 2 aromatic carbocycles. The predicted octanol–water partition coefficient (Wildman–Crippen LogP) is 5.75. The molecule has 0 amide bonds. The van der Waals surface area contributed by atoms with Crippen molar-refractivity contribution < 1.29 is 4.74 Å². The van der Waals surface area contributed by atoms with Gasteiger partial charge in [-0.05, 0) is 60.7 Å². The molecule has 0 bridgehead atoms. The van der Waals surface area contributed by atoms with Crippen molar-refractivity contribution in [3.05, 3.63) is 63.1 Å². The zero-order chi connectivity index (χ0) is 14.7. The van der Waals surface area contributed by atoms with Gasteiger partial charge in [0.2, 0.25) is 0 Å². The summed E-state index contributed by atoms with van der Waals surface area (Å²) in [5.41, 5.74) is 5.17. The highest BCUT2D eigenvalue weighted by atomic mass is 79.9. The van der Waals surface area contributed by atoms with Crippen LogP contribution in [0.1, 0.15) is 27.1 Å². The third-order valence-electron chi connectivity index (χ3n) is 3.43. The third kappa shape index (κ3) is 3.64. The molecule has 0 aliphatic rings. The molecule has 106 valence electrons. The molecule has 0 N–H and O–H groups in total. The maximum absolute atomic E-state index is 5.28. The molecule has 0 fully saturated rings. The molecule has 3 heteroatoms. The van der Waals surface area contributed by atoms with E-state index in [2.05, 4.69) is 70.0 Å². The highest BCUT2D eigenvalue weighted by Gasteiger charge is 2.13. The third-order valence-corrected chi connectivity index (χ3v) is 5.11. The number of benzene rings is 2. The number of halogens is 2. The molecule has 2 aromatic rings. The number of alkyl halides is 1. The Balaban J connectivity index is 2.23. The fourth-order valence-corrected chi connectivity index (χ4v) is 3.58. The first-order valence-electron chi connectivity index (χ1n) is 6.55. The zero-order valence-electron chi connectivity index (χ0n) is 11.9. The standard InChI is InChI=1S/C17H18Br2O/c1-11-8-16(18)12(2)7-15(11)17(19)10-13-5-4-6-14(9-13)20-3/h4-9,17H,10H2,1-3H3. The van der Waals surface area contributed by atoms with Crippen LogP contribution in [0.4, 0.5) is 0 Å². The van der Waals surface area contributed by atoms with Crippen LogP contribution in [0.25, 0.3) is 0 Å². The van der Waals surface area contributed by atoms with E-state index in [1.165, 1.54) is 26.7 Å². The van der Waals surface area contributed by atoms with Crippen molar-refractivity contribution >= 4 is 31.9 Å². The van der Waals surface area contributed by atoms with Crippen LogP contribution in [-0.2, 0) is 6.42 Å². The minimum Gasteiger partial charge on any atom is -0.497 e. The summed E-state index contributed by atoms with van der Waals surface area (Å²) >= 11 is 7.41. The predicted molar refractivity (Wildman–Crippen MR) is 92.0 cm³/mol. The van der Waals surface area contributed by atoms with E-state index in [0.717, 1.165) is 12.2 Å². The fourth-order valence-electron chi connectivity index (χ4n) is 2.26. The highest BCUT2D eigenvalue weighted by Crippen LogP contribution is 2.33. The number of methoxy groups -OCH3 is 1. The van der Waals surface area contributed by atoms with E-state index in [4.69, 9.17) is 4.74 Å². The molecule has 0 aliphatic carbocycles. The zero-order valence-corrected chi connectivity index (χ0v) is 15.1. The van der Waals surface area contributed by atoms with Gasteiger partial charge in [0, 0.05) is 9.30 Å². The number of hydrogen-bond donors (Lipinski definition) is 0. The van der Waals surface area contributed by atoms with Crippen LogP contribution in [0.15, 0.2) is 40.9 Å². The number of hydrogen-bond acceptors (Lipinski definition) is 1. The molecular weight excluding hydrogens is 380 g/mol. The molecule has 0 spiro atoms. The maximum atomic E-state index is 5.28. The van der Waals surface area contributed by atoms with E-state index in [9.17, 15) is 0 Å². The molecule has 1 atom stereocenters. The first kappa shape index (κ1) is 15.6. The molecule has 1 nitrogen and oxygen atoms in total. The van der Waals surface area contributed by atoms with Gasteiger partial charge in [-0.1, -0.05) is 50.1 Å². The normalized spacial score (nSPS) is 12.2. The lowest BCUT2D eigenvalue weighted by atomic mass is 9.98. The number of ether oxygens (including phenoxy) is 1. The van der Waals surface area contributed by atoms with Gasteiger partial charge in [0.05, 0.1) is 7.11 Å². The summed E-state index contributed by atoms with van der Waals surface area (Å²) in [6.45, 7) is 4.28. The van der Waals surface area contributed by atoms with Gasteiger partial charge in [0.15, 0.2) is 0 Å². The monoisotopic (exact) mass is 396 g/mol. The van der Waals surface area contributed by atoms with Gasteiger partial charge in [-0.15, -0.1) is 0 Å². The van der Waals surface area contributed by atoms with Crippen molar-refractivity contribution in [2.24, 2.45) is 0 Å². The summed E-state index contributed by atoms with van der Waals surface area (Å²) in [6, 6.07) is 12.7. The Morgan fingerprint density at radius 2 is 1.85 bits per heavy atom. The second-order valence-corrected chi connectivity index (χ2v) is 6.94. The molecule has 0 heterocycles. The Kier molecular flexibility index (Phi) is 5.28. The molecule has 20 heavy (non-hydrogen) atoms. The van der Waals surface area contributed by atoms with E-state index >= 15 is 0 Å². The lowest BCUT2D eigenvalue weighted by molar-refractivity contribution is 0.414. The summed E-state index contributed by atoms with van der Waals surface area (Å²) in [4.78, 5) is 0.307. The molecule has 0 aliphatic heterocycles. The summed E-state index contributed by atoms with van der Waals surface area (Å²) in [7, 11) is 1.70. The first-order chi connectivity index (χ1) is 9.51. The second kappa shape index (κ2) is 6.77. The van der Waals surface area contributed by atoms with Crippen molar-refractivity contribution in [3.63, 3.8) is 0 Å². The van der Waals surface area contributed by atoms with Crippen molar-refractivity contribution in [2.45, 2.75) is 25.1 Å².